The number of hydrogen-bond acceptors (Lipinski definition) is 4. The normalized spacial score (nSPS) is 11.1. The molecular formula is C3H8BrNO4. The van der Waals surface area contributed by atoms with Crippen molar-refractivity contribution in [3.8, 4) is 0 Å². The van der Waals surface area contributed by atoms with Crippen LogP contribution in [0.3, 0.4) is 0 Å². The molecule has 0 heterocycles. The fourth-order valence-corrected chi connectivity index (χ4v) is 0. The van der Waals surface area contributed by atoms with Crippen LogP contribution in [0.25, 0.3) is 0 Å². The Hall–Kier alpha value is -0.200. The van der Waals surface area contributed by atoms with E-state index in [-0.39, 0.29) is 6.61 Å². The molecule has 0 radical (unpaired) electrons. The summed E-state index contributed by atoms with van der Waals surface area (Å²) in [5.74, 6) is 0. The molecule has 56 valence electrons. The van der Waals surface area contributed by atoms with Gasteiger partial charge in [-0.05, 0) is 6.92 Å². The van der Waals surface area contributed by atoms with E-state index in [0.717, 1.165) is 0 Å². The maximum atomic E-state index is 8.72. The van der Waals surface area contributed by atoms with E-state index in [9.17, 15) is 0 Å². The van der Waals surface area contributed by atoms with Gasteiger partial charge in [0.2, 0.25) is 0 Å². The Morgan fingerprint density at radius 2 is 2.00 bits per heavy atom. The van der Waals surface area contributed by atoms with Crippen molar-refractivity contribution in [1.82, 2.24) is 0 Å². The van der Waals surface area contributed by atoms with Crippen molar-refractivity contribution in [2.45, 2.75) is 13.0 Å². The fraction of sp³-hybridized carbons (Fsp3) is 1.00. The first-order chi connectivity index (χ1) is 4.00. The molecule has 2 N–H and O–H groups in total. The first kappa shape index (κ1) is 11.6. The van der Waals surface area contributed by atoms with Crippen molar-refractivity contribution >= 4 is 16.1 Å². The van der Waals surface area contributed by atoms with E-state index in [1.54, 1.807) is 0 Å². The monoisotopic (exact) mass is 201 g/mol. The van der Waals surface area contributed by atoms with Gasteiger partial charge >= 0.3 is 16.1 Å². The third-order valence-electron chi connectivity index (χ3n) is 0.264. The SMILES string of the molecule is CC(O)CO.O=[N+]([O-])Br. The van der Waals surface area contributed by atoms with Gasteiger partial charge in [0, 0.05) is 0 Å². The van der Waals surface area contributed by atoms with Crippen molar-refractivity contribution in [2.75, 3.05) is 6.61 Å². The zero-order valence-corrected chi connectivity index (χ0v) is 6.41. The van der Waals surface area contributed by atoms with Crippen molar-refractivity contribution in [3.05, 3.63) is 10.1 Å². The van der Waals surface area contributed by atoms with E-state index in [0.29, 0.717) is 0 Å². The lowest BCUT2D eigenvalue weighted by molar-refractivity contribution is -0.262. The number of nitro groups is 1. The van der Waals surface area contributed by atoms with Gasteiger partial charge < -0.3 is 10.2 Å². The van der Waals surface area contributed by atoms with Crippen molar-refractivity contribution in [2.24, 2.45) is 0 Å². The van der Waals surface area contributed by atoms with Crippen LogP contribution in [0.15, 0.2) is 0 Å². The van der Waals surface area contributed by atoms with Crippen molar-refractivity contribution in [3.63, 3.8) is 0 Å². The molecule has 0 aromatic rings. The lowest BCUT2D eigenvalue weighted by atomic mass is 10.5. The van der Waals surface area contributed by atoms with Crippen LogP contribution in [-0.4, -0.2) is 26.9 Å². The van der Waals surface area contributed by atoms with Crippen LogP contribution >= 0.6 is 16.1 Å². The molecule has 0 amide bonds. The van der Waals surface area contributed by atoms with Gasteiger partial charge in [0.1, 0.15) is 3.95 Å². The molecular weight excluding hydrogens is 194 g/mol. The molecule has 0 spiro atoms. The molecule has 9 heavy (non-hydrogen) atoms. The van der Waals surface area contributed by atoms with E-state index in [1.165, 1.54) is 6.92 Å². The highest BCUT2D eigenvalue weighted by Crippen LogP contribution is 1.71. The highest BCUT2D eigenvalue weighted by Gasteiger charge is 1.83. The van der Waals surface area contributed by atoms with Gasteiger partial charge in [0.05, 0.1) is 12.7 Å². The van der Waals surface area contributed by atoms with Crippen LogP contribution in [0, 0.1) is 10.1 Å². The molecule has 0 aliphatic carbocycles. The van der Waals surface area contributed by atoms with Gasteiger partial charge in [0.15, 0.2) is 0 Å². The second-order valence-corrected chi connectivity index (χ2v) is 1.82. The first-order valence-electron chi connectivity index (χ1n) is 2.09. The largest absolute Gasteiger partial charge is 0.399 e. The van der Waals surface area contributed by atoms with E-state index in [2.05, 4.69) is 0 Å². The Morgan fingerprint density at radius 3 is 2.00 bits per heavy atom. The molecule has 0 aliphatic rings. The molecule has 0 fully saturated rings. The van der Waals surface area contributed by atoms with Gasteiger partial charge in [-0.2, -0.15) is 0 Å². The number of rotatable bonds is 1. The lowest BCUT2D eigenvalue weighted by Crippen LogP contribution is -2.03. The predicted octanol–water partition coefficient (Wildman–Crippen LogP) is -0.0675. The summed E-state index contributed by atoms with van der Waals surface area (Å²) in [5, 5.41) is 24.7. The Bertz CT molecular complexity index is 72.2. The molecule has 1 unspecified atom stereocenters. The van der Waals surface area contributed by atoms with E-state index >= 15 is 0 Å². The molecule has 1 atom stereocenters. The lowest BCUT2D eigenvalue weighted by Gasteiger charge is -1.90. The van der Waals surface area contributed by atoms with Crippen LogP contribution in [0.5, 0.6) is 0 Å². The third-order valence-corrected chi connectivity index (χ3v) is 0.264. The minimum absolute atomic E-state index is 0.139. The summed E-state index contributed by atoms with van der Waals surface area (Å²) in [6.45, 7) is 1.39. The van der Waals surface area contributed by atoms with Gasteiger partial charge in [-0.15, -0.1) is 0 Å². The van der Waals surface area contributed by atoms with Crippen LogP contribution in [0.2, 0.25) is 0 Å². The molecule has 0 rings (SSSR count). The van der Waals surface area contributed by atoms with E-state index in [1.807, 2.05) is 16.1 Å². The molecule has 0 aromatic heterocycles. The second-order valence-electron chi connectivity index (χ2n) is 1.24. The smallest absolute Gasteiger partial charge is 0.394 e. The standard InChI is InChI=1S/C3H8O2.BrNO2/c1-3(5)2-4;1-2(3)4/h3-5H,2H2,1H3;. The van der Waals surface area contributed by atoms with Crippen LogP contribution in [0.1, 0.15) is 6.92 Å². The maximum absolute atomic E-state index is 8.72. The van der Waals surface area contributed by atoms with Gasteiger partial charge in [-0.3, -0.25) is 10.1 Å². The van der Waals surface area contributed by atoms with Gasteiger partial charge in [-0.1, -0.05) is 0 Å². The van der Waals surface area contributed by atoms with Crippen LogP contribution in [-0.2, 0) is 0 Å². The Labute approximate surface area is 60.8 Å². The third kappa shape index (κ3) is 81.0. The summed E-state index contributed by atoms with van der Waals surface area (Å²) in [7, 11) is 0. The van der Waals surface area contributed by atoms with Gasteiger partial charge in [-0.25, -0.2) is 0 Å². The summed E-state index contributed by atoms with van der Waals surface area (Å²) >= 11 is 1.99. The minimum Gasteiger partial charge on any atom is -0.394 e. The molecule has 5 nitrogen and oxygen atoms in total. The Morgan fingerprint density at radius 1 is 1.89 bits per heavy atom. The van der Waals surface area contributed by atoms with Crippen molar-refractivity contribution in [1.29, 1.82) is 0 Å². The molecule has 6 heteroatoms. The summed E-state index contributed by atoms with van der Waals surface area (Å²) in [6, 6.07) is 0. The zero-order valence-electron chi connectivity index (χ0n) is 4.82. The van der Waals surface area contributed by atoms with E-state index in [4.69, 9.17) is 20.3 Å². The number of hydrogen-bond donors (Lipinski definition) is 2. The topological polar surface area (TPSA) is 83.6 Å². The predicted molar refractivity (Wildman–Crippen MR) is 34.7 cm³/mol. The molecule has 0 aromatic carbocycles. The van der Waals surface area contributed by atoms with Crippen LogP contribution in [0.4, 0.5) is 0 Å². The average Bonchev–Trinajstić information content (AvgIpc) is 1.65. The highest BCUT2D eigenvalue weighted by molar-refractivity contribution is 9.04. The second kappa shape index (κ2) is 7.80. The molecule has 0 saturated carbocycles. The average molecular weight is 202 g/mol. The number of halogens is 1. The van der Waals surface area contributed by atoms with Crippen LogP contribution < -0.4 is 0 Å². The maximum Gasteiger partial charge on any atom is 0.399 e. The summed E-state index contributed by atoms with van der Waals surface area (Å²) < 4.78 is -0.688. The summed E-state index contributed by atoms with van der Waals surface area (Å²) in [6.07, 6.45) is -0.560. The fourth-order valence-electron chi connectivity index (χ4n) is 0. The Kier molecular flexibility index (Phi) is 10.0. The first-order valence-corrected chi connectivity index (χ1v) is 2.80. The zero-order chi connectivity index (χ0) is 7.86. The van der Waals surface area contributed by atoms with E-state index < -0.39 is 10.1 Å². The molecule has 0 saturated heterocycles. The minimum atomic E-state index is -0.688. The summed E-state index contributed by atoms with van der Waals surface area (Å²) in [4.78, 5) is 8.72. The molecule has 0 aliphatic heterocycles. The van der Waals surface area contributed by atoms with Crippen molar-refractivity contribution < 1.29 is 14.2 Å². The number of aliphatic hydroxyl groups is 2. The molecule has 0 bridgehead atoms. The quantitative estimate of drug-likeness (QED) is 0.354. The number of aliphatic hydroxyl groups excluding tert-OH is 2. The Balaban J connectivity index is 0. The van der Waals surface area contributed by atoms with Gasteiger partial charge in [0.25, 0.3) is 0 Å². The number of nitrogens with zero attached hydrogens (tertiary/aromatic N) is 1. The summed E-state index contributed by atoms with van der Waals surface area (Å²) in [5.41, 5.74) is 0. The highest BCUT2D eigenvalue weighted by atomic mass is 79.9.